The monoisotopic (exact) mass is 414 g/mol. The number of aromatic nitrogens is 1. The van der Waals surface area contributed by atoms with E-state index in [4.69, 9.17) is 21.8 Å². The Morgan fingerprint density at radius 3 is 2.07 bits per heavy atom. The maximum atomic E-state index is 9.55. The zero-order valence-corrected chi connectivity index (χ0v) is 16.8. The number of pyridine rings is 1. The van der Waals surface area contributed by atoms with Crippen LogP contribution in [0.4, 0.5) is 0 Å². The van der Waals surface area contributed by atoms with E-state index in [2.05, 4.69) is 35.1 Å². The third-order valence-electron chi connectivity index (χ3n) is 4.37. The second-order valence-electron chi connectivity index (χ2n) is 6.51. The normalized spacial score (nSPS) is 14.2. The molecule has 0 radical (unpaired) electrons. The van der Waals surface area contributed by atoms with Gasteiger partial charge in [-0.3, -0.25) is 4.98 Å². The van der Waals surface area contributed by atoms with Crippen molar-refractivity contribution in [3.8, 4) is 0 Å². The van der Waals surface area contributed by atoms with Crippen molar-refractivity contribution in [3.05, 3.63) is 82.7 Å². The first-order valence-corrected chi connectivity index (χ1v) is 9.46. The van der Waals surface area contributed by atoms with E-state index in [-0.39, 0.29) is 0 Å². The number of halogens is 1. The standard InChI is InChI=1S/C18H19ClN2.C4H4O4/c1-21-12-9-15(10-13-21)18(17-4-2-3-11-20-17)14-5-7-16(19)8-6-14;5-3(6)1-2-4(7)8/h2-8,11H,9-10,12-13H2,1H3;1-2H,(H,5,6)(H,7,8)/b;2-1-. The highest BCUT2D eigenvalue weighted by Crippen LogP contribution is 2.31. The third-order valence-corrected chi connectivity index (χ3v) is 4.62. The van der Waals surface area contributed by atoms with Crippen LogP contribution in [0.1, 0.15) is 24.1 Å². The van der Waals surface area contributed by atoms with Crippen molar-refractivity contribution in [2.45, 2.75) is 12.8 Å². The first kappa shape index (κ1) is 22.3. The topological polar surface area (TPSA) is 90.7 Å². The number of hydrogen-bond donors (Lipinski definition) is 2. The van der Waals surface area contributed by atoms with Crippen LogP contribution in [0.25, 0.3) is 5.57 Å². The van der Waals surface area contributed by atoms with Crippen LogP contribution in [-0.2, 0) is 9.59 Å². The number of rotatable bonds is 4. The molecule has 0 spiro atoms. The van der Waals surface area contributed by atoms with Gasteiger partial charge in [-0.15, -0.1) is 0 Å². The highest BCUT2D eigenvalue weighted by molar-refractivity contribution is 6.30. The average molecular weight is 415 g/mol. The Morgan fingerprint density at radius 2 is 1.59 bits per heavy atom. The molecule has 2 N–H and O–H groups in total. The van der Waals surface area contributed by atoms with Crippen molar-refractivity contribution in [2.24, 2.45) is 0 Å². The van der Waals surface area contributed by atoms with Crippen LogP contribution >= 0.6 is 11.6 Å². The molecule has 0 unspecified atom stereocenters. The van der Waals surface area contributed by atoms with E-state index in [0.717, 1.165) is 36.6 Å². The number of piperidine rings is 1. The number of benzene rings is 1. The number of aliphatic carboxylic acids is 2. The highest BCUT2D eigenvalue weighted by Gasteiger charge is 2.17. The Labute approximate surface area is 174 Å². The van der Waals surface area contributed by atoms with Crippen molar-refractivity contribution in [1.29, 1.82) is 0 Å². The van der Waals surface area contributed by atoms with Crippen molar-refractivity contribution < 1.29 is 19.8 Å². The molecule has 0 aliphatic carbocycles. The summed E-state index contributed by atoms with van der Waals surface area (Å²) in [5, 5.41) is 16.4. The summed E-state index contributed by atoms with van der Waals surface area (Å²) in [6.45, 7) is 2.22. The molecule has 2 aromatic rings. The summed E-state index contributed by atoms with van der Waals surface area (Å²) < 4.78 is 0. The fraction of sp³-hybridized carbons (Fsp3) is 0.227. The molecule has 1 aromatic carbocycles. The maximum absolute atomic E-state index is 9.55. The molecule has 1 aliphatic rings. The Hall–Kier alpha value is -2.96. The van der Waals surface area contributed by atoms with Gasteiger partial charge in [0.15, 0.2) is 0 Å². The minimum absolute atomic E-state index is 0.558. The van der Waals surface area contributed by atoms with Gasteiger partial charge in [0.25, 0.3) is 0 Å². The predicted octanol–water partition coefficient (Wildman–Crippen LogP) is 3.97. The number of carboxylic acids is 2. The molecule has 0 atom stereocenters. The maximum Gasteiger partial charge on any atom is 0.328 e. The zero-order valence-electron chi connectivity index (χ0n) is 16.1. The molecule has 1 aliphatic heterocycles. The van der Waals surface area contributed by atoms with E-state index in [9.17, 15) is 9.59 Å². The summed E-state index contributed by atoms with van der Waals surface area (Å²) in [5.74, 6) is -2.51. The molecular formula is C22H23ClN2O4. The van der Waals surface area contributed by atoms with Crippen LogP contribution in [0.3, 0.4) is 0 Å². The zero-order chi connectivity index (χ0) is 21.2. The molecule has 1 aromatic heterocycles. The molecule has 0 bridgehead atoms. The van der Waals surface area contributed by atoms with Gasteiger partial charge in [-0.25, -0.2) is 9.59 Å². The molecule has 29 heavy (non-hydrogen) atoms. The molecule has 1 saturated heterocycles. The Kier molecular flexibility index (Phi) is 8.58. The summed E-state index contributed by atoms with van der Waals surface area (Å²) in [4.78, 5) is 26.1. The van der Waals surface area contributed by atoms with Gasteiger partial charge in [-0.05, 0) is 49.7 Å². The number of carboxylic acid groups (broad SMARTS) is 2. The minimum Gasteiger partial charge on any atom is -0.478 e. The third kappa shape index (κ3) is 7.52. The lowest BCUT2D eigenvalue weighted by molar-refractivity contribution is -0.134. The van der Waals surface area contributed by atoms with Crippen LogP contribution in [0.2, 0.25) is 5.02 Å². The van der Waals surface area contributed by atoms with Gasteiger partial charge in [-0.1, -0.05) is 35.4 Å². The van der Waals surface area contributed by atoms with Crippen LogP contribution in [0, 0.1) is 0 Å². The van der Waals surface area contributed by atoms with E-state index in [1.54, 1.807) is 0 Å². The average Bonchev–Trinajstić information content (AvgIpc) is 2.71. The first-order valence-electron chi connectivity index (χ1n) is 9.08. The molecule has 0 amide bonds. The van der Waals surface area contributed by atoms with E-state index in [1.165, 1.54) is 16.7 Å². The van der Waals surface area contributed by atoms with E-state index in [1.807, 2.05) is 30.5 Å². The molecule has 0 saturated carbocycles. The lowest BCUT2D eigenvalue weighted by Gasteiger charge is -2.26. The summed E-state index contributed by atoms with van der Waals surface area (Å²) in [6, 6.07) is 14.2. The molecule has 6 nitrogen and oxygen atoms in total. The van der Waals surface area contributed by atoms with Crippen LogP contribution in [0.5, 0.6) is 0 Å². The molecule has 1 fully saturated rings. The van der Waals surface area contributed by atoms with Gasteiger partial charge < -0.3 is 15.1 Å². The van der Waals surface area contributed by atoms with Gasteiger partial charge in [-0.2, -0.15) is 0 Å². The fourth-order valence-electron chi connectivity index (χ4n) is 2.94. The molecule has 3 rings (SSSR count). The van der Waals surface area contributed by atoms with Gasteiger partial charge in [0.1, 0.15) is 0 Å². The number of carbonyl (C=O) groups is 2. The summed E-state index contributed by atoms with van der Waals surface area (Å²) in [5.41, 5.74) is 5.03. The summed E-state index contributed by atoms with van der Waals surface area (Å²) in [6.07, 6.45) is 5.18. The Bertz CT molecular complexity index is 867. The van der Waals surface area contributed by atoms with Crippen molar-refractivity contribution in [1.82, 2.24) is 9.88 Å². The van der Waals surface area contributed by atoms with Crippen LogP contribution in [-0.4, -0.2) is 52.2 Å². The van der Waals surface area contributed by atoms with Crippen LogP contribution in [0.15, 0.2) is 66.4 Å². The summed E-state index contributed by atoms with van der Waals surface area (Å²) in [7, 11) is 2.18. The summed E-state index contributed by atoms with van der Waals surface area (Å²) >= 11 is 6.03. The van der Waals surface area contributed by atoms with Crippen LogP contribution < -0.4 is 0 Å². The number of likely N-dealkylation sites (tertiary alicyclic amines) is 1. The van der Waals surface area contributed by atoms with Gasteiger partial charge in [0.2, 0.25) is 0 Å². The second-order valence-corrected chi connectivity index (χ2v) is 6.95. The van der Waals surface area contributed by atoms with Crippen molar-refractivity contribution >= 4 is 29.1 Å². The first-order chi connectivity index (χ1) is 13.9. The SMILES string of the molecule is CN1CCC(=C(c2ccc(Cl)cc2)c2ccccn2)CC1.O=C(O)/C=C\C(=O)O. The Balaban J connectivity index is 0.000000321. The van der Waals surface area contributed by atoms with E-state index >= 15 is 0 Å². The molecule has 152 valence electrons. The fourth-order valence-corrected chi connectivity index (χ4v) is 3.07. The minimum atomic E-state index is -1.26. The second kappa shape index (κ2) is 11.1. The lowest BCUT2D eigenvalue weighted by Crippen LogP contribution is -2.27. The highest BCUT2D eigenvalue weighted by atomic mass is 35.5. The van der Waals surface area contributed by atoms with E-state index < -0.39 is 11.9 Å². The molecule has 7 heteroatoms. The van der Waals surface area contributed by atoms with Crippen molar-refractivity contribution in [2.75, 3.05) is 20.1 Å². The van der Waals surface area contributed by atoms with Gasteiger partial charge in [0.05, 0.1) is 5.69 Å². The van der Waals surface area contributed by atoms with E-state index in [0.29, 0.717) is 12.2 Å². The molecular weight excluding hydrogens is 392 g/mol. The Morgan fingerprint density at radius 1 is 1.00 bits per heavy atom. The molecule has 2 heterocycles. The van der Waals surface area contributed by atoms with Gasteiger partial charge in [0, 0.05) is 42.0 Å². The largest absolute Gasteiger partial charge is 0.478 e. The number of nitrogens with zero attached hydrogens (tertiary/aromatic N) is 2. The quantitative estimate of drug-likeness (QED) is 0.735. The smallest absolute Gasteiger partial charge is 0.328 e. The number of hydrogen-bond acceptors (Lipinski definition) is 4. The lowest BCUT2D eigenvalue weighted by atomic mass is 9.91. The van der Waals surface area contributed by atoms with Crippen molar-refractivity contribution in [3.63, 3.8) is 0 Å². The van der Waals surface area contributed by atoms with Gasteiger partial charge >= 0.3 is 11.9 Å². The predicted molar refractivity (Wildman–Crippen MR) is 113 cm³/mol.